The Bertz CT molecular complexity index is 601. The number of hydrogen-bond donors (Lipinski definition) is 2. The first-order valence-corrected chi connectivity index (χ1v) is 9.32. The zero-order valence-electron chi connectivity index (χ0n) is 15.1. The summed E-state index contributed by atoms with van der Waals surface area (Å²) in [4.78, 5) is 27.6. The van der Waals surface area contributed by atoms with Crippen molar-refractivity contribution in [2.24, 2.45) is 0 Å². The summed E-state index contributed by atoms with van der Waals surface area (Å²) in [6.07, 6.45) is 1.87. The SMILES string of the molecule is CCCCNC(=O)NC(=O)CN1CCN(Cc2c(F)cccc2Cl)CC1. The largest absolute Gasteiger partial charge is 0.338 e. The van der Waals surface area contributed by atoms with Gasteiger partial charge in [-0.25, -0.2) is 9.18 Å². The maximum absolute atomic E-state index is 13.9. The minimum atomic E-state index is -0.448. The highest BCUT2D eigenvalue weighted by Gasteiger charge is 2.21. The highest BCUT2D eigenvalue weighted by molar-refractivity contribution is 6.31. The van der Waals surface area contributed by atoms with Crippen molar-refractivity contribution in [3.8, 4) is 0 Å². The van der Waals surface area contributed by atoms with Gasteiger partial charge in [0.2, 0.25) is 5.91 Å². The second kappa shape index (κ2) is 10.4. The normalized spacial score (nSPS) is 15.7. The molecule has 8 heteroatoms. The van der Waals surface area contributed by atoms with Gasteiger partial charge in [-0.3, -0.25) is 19.9 Å². The molecule has 0 unspecified atom stereocenters. The topological polar surface area (TPSA) is 64.7 Å². The lowest BCUT2D eigenvalue weighted by Crippen LogP contribution is -2.50. The summed E-state index contributed by atoms with van der Waals surface area (Å²) < 4.78 is 13.9. The minimum Gasteiger partial charge on any atom is -0.338 e. The van der Waals surface area contributed by atoms with Gasteiger partial charge in [-0.1, -0.05) is 31.0 Å². The number of amides is 3. The summed E-state index contributed by atoms with van der Waals surface area (Å²) in [6.45, 7) is 5.99. The van der Waals surface area contributed by atoms with Gasteiger partial charge in [0.15, 0.2) is 0 Å². The van der Waals surface area contributed by atoms with Crippen LogP contribution in [0.5, 0.6) is 0 Å². The molecule has 1 aliphatic rings. The molecule has 1 aromatic carbocycles. The summed E-state index contributed by atoms with van der Waals surface area (Å²) in [6, 6.07) is 4.24. The van der Waals surface area contributed by atoms with E-state index >= 15 is 0 Å². The molecule has 0 aliphatic carbocycles. The van der Waals surface area contributed by atoms with Crippen molar-refractivity contribution in [2.45, 2.75) is 26.3 Å². The second-order valence-corrected chi connectivity index (χ2v) is 6.82. The molecule has 0 saturated carbocycles. The monoisotopic (exact) mass is 384 g/mol. The van der Waals surface area contributed by atoms with E-state index in [1.807, 2.05) is 11.8 Å². The molecule has 26 heavy (non-hydrogen) atoms. The average Bonchev–Trinajstić information content (AvgIpc) is 2.60. The molecule has 2 N–H and O–H groups in total. The van der Waals surface area contributed by atoms with Crippen LogP contribution < -0.4 is 10.6 Å². The molecular formula is C18H26ClFN4O2. The number of halogens is 2. The first-order valence-electron chi connectivity index (χ1n) is 8.95. The maximum Gasteiger partial charge on any atom is 0.321 e. The van der Waals surface area contributed by atoms with Gasteiger partial charge in [-0.15, -0.1) is 0 Å². The van der Waals surface area contributed by atoms with Crippen molar-refractivity contribution >= 4 is 23.5 Å². The lowest BCUT2D eigenvalue weighted by atomic mass is 10.2. The number of nitrogens with zero attached hydrogens (tertiary/aromatic N) is 2. The number of unbranched alkanes of at least 4 members (excludes halogenated alkanes) is 1. The zero-order chi connectivity index (χ0) is 18.9. The third kappa shape index (κ3) is 6.55. The van der Waals surface area contributed by atoms with Gasteiger partial charge in [-0.05, 0) is 18.6 Å². The number of piperazine rings is 1. The van der Waals surface area contributed by atoms with Crippen molar-refractivity contribution in [1.82, 2.24) is 20.4 Å². The van der Waals surface area contributed by atoms with Gasteiger partial charge >= 0.3 is 6.03 Å². The molecule has 1 aromatic rings. The molecule has 0 bridgehead atoms. The lowest BCUT2D eigenvalue weighted by Gasteiger charge is -2.34. The van der Waals surface area contributed by atoms with Crippen LogP contribution in [0.15, 0.2) is 18.2 Å². The Hall–Kier alpha value is -1.70. The van der Waals surface area contributed by atoms with Crippen LogP contribution in [-0.4, -0.2) is 61.0 Å². The molecule has 0 spiro atoms. The molecule has 1 heterocycles. The summed E-state index contributed by atoms with van der Waals surface area (Å²) in [5.41, 5.74) is 0.504. The number of rotatable bonds is 7. The lowest BCUT2D eigenvalue weighted by molar-refractivity contribution is -0.121. The molecule has 144 valence electrons. The van der Waals surface area contributed by atoms with Crippen LogP contribution in [0.4, 0.5) is 9.18 Å². The highest BCUT2D eigenvalue weighted by Crippen LogP contribution is 2.21. The Morgan fingerprint density at radius 2 is 1.88 bits per heavy atom. The van der Waals surface area contributed by atoms with E-state index in [1.54, 1.807) is 12.1 Å². The standard InChI is InChI=1S/C18H26ClFN4O2/c1-2-3-7-21-18(26)22-17(25)13-24-10-8-23(9-11-24)12-14-15(19)5-4-6-16(14)20/h4-6H,2-3,7-13H2,1H3,(H2,21,22,25,26). The molecule has 0 aromatic heterocycles. The molecule has 3 amide bonds. The molecule has 2 rings (SSSR count). The van der Waals surface area contributed by atoms with Gasteiger partial charge in [0, 0.05) is 49.9 Å². The Balaban J connectivity index is 1.71. The number of benzene rings is 1. The van der Waals surface area contributed by atoms with Gasteiger partial charge in [0.05, 0.1) is 6.54 Å². The number of carbonyl (C=O) groups is 2. The summed E-state index contributed by atoms with van der Waals surface area (Å²) in [5, 5.41) is 5.42. The summed E-state index contributed by atoms with van der Waals surface area (Å²) in [7, 11) is 0. The van der Waals surface area contributed by atoms with Crippen molar-refractivity contribution < 1.29 is 14.0 Å². The van der Waals surface area contributed by atoms with Crippen LogP contribution >= 0.6 is 11.6 Å². The van der Waals surface area contributed by atoms with Crippen LogP contribution in [0.1, 0.15) is 25.3 Å². The van der Waals surface area contributed by atoms with E-state index in [4.69, 9.17) is 11.6 Å². The zero-order valence-corrected chi connectivity index (χ0v) is 15.8. The molecule has 6 nitrogen and oxygen atoms in total. The first kappa shape index (κ1) is 20.6. The third-order valence-corrected chi connectivity index (χ3v) is 4.70. The molecule has 0 radical (unpaired) electrons. The molecule has 1 saturated heterocycles. The number of nitrogens with one attached hydrogen (secondary N) is 2. The van der Waals surface area contributed by atoms with Crippen molar-refractivity contribution in [2.75, 3.05) is 39.3 Å². The minimum absolute atomic E-state index is 0.176. The van der Waals surface area contributed by atoms with E-state index in [0.29, 0.717) is 49.9 Å². The smallest absolute Gasteiger partial charge is 0.321 e. The fourth-order valence-corrected chi connectivity index (χ4v) is 3.03. The van der Waals surface area contributed by atoms with Gasteiger partial charge < -0.3 is 5.32 Å². The molecule has 0 atom stereocenters. The highest BCUT2D eigenvalue weighted by atomic mass is 35.5. The van der Waals surface area contributed by atoms with E-state index < -0.39 is 6.03 Å². The Morgan fingerprint density at radius 3 is 2.54 bits per heavy atom. The predicted octanol–water partition coefficient (Wildman–Crippen LogP) is 2.22. The number of urea groups is 1. The average molecular weight is 385 g/mol. The molecular weight excluding hydrogens is 359 g/mol. The summed E-state index contributed by atoms with van der Waals surface area (Å²) >= 11 is 6.07. The molecule has 1 fully saturated rings. The van der Waals surface area contributed by atoms with Crippen LogP contribution in [0, 0.1) is 5.82 Å². The fraction of sp³-hybridized carbons (Fsp3) is 0.556. The Labute approximate surface area is 158 Å². The van der Waals surface area contributed by atoms with E-state index in [1.165, 1.54) is 6.07 Å². The first-order chi connectivity index (χ1) is 12.5. The van der Waals surface area contributed by atoms with Crippen molar-refractivity contribution in [3.63, 3.8) is 0 Å². The van der Waals surface area contributed by atoms with E-state index in [-0.39, 0.29) is 18.3 Å². The Kier molecular flexibility index (Phi) is 8.28. The maximum atomic E-state index is 13.9. The van der Waals surface area contributed by atoms with Crippen LogP contribution in [-0.2, 0) is 11.3 Å². The van der Waals surface area contributed by atoms with E-state index in [0.717, 1.165) is 12.8 Å². The van der Waals surface area contributed by atoms with Crippen LogP contribution in [0.25, 0.3) is 0 Å². The van der Waals surface area contributed by atoms with Crippen LogP contribution in [0.3, 0.4) is 0 Å². The van der Waals surface area contributed by atoms with Crippen molar-refractivity contribution in [3.05, 3.63) is 34.6 Å². The summed E-state index contributed by atoms with van der Waals surface area (Å²) in [5.74, 6) is -0.613. The quantitative estimate of drug-likeness (QED) is 0.707. The third-order valence-electron chi connectivity index (χ3n) is 4.34. The Morgan fingerprint density at radius 1 is 1.19 bits per heavy atom. The van der Waals surface area contributed by atoms with Gasteiger partial charge in [0.1, 0.15) is 5.82 Å². The van der Waals surface area contributed by atoms with E-state index in [2.05, 4.69) is 15.5 Å². The predicted molar refractivity (Wildman–Crippen MR) is 99.6 cm³/mol. The molecule has 1 aliphatic heterocycles. The van der Waals surface area contributed by atoms with Gasteiger partial charge in [-0.2, -0.15) is 0 Å². The van der Waals surface area contributed by atoms with E-state index in [9.17, 15) is 14.0 Å². The van der Waals surface area contributed by atoms with Gasteiger partial charge in [0.25, 0.3) is 0 Å². The number of imide groups is 1. The van der Waals surface area contributed by atoms with Crippen molar-refractivity contribution in [1.29, 1.82) is 0 Å². The second-order valence-electron chi connectivity index (χ2n) is 6.41. The number of hydrogen-bond acceptors (Lipinski definition) is 4. The van der Waals surface area contributed by atoms with Crippen LogP contribution in [0.2, 0.25) is 5.02 Å². The number of carbonyl (C=O) groups excluding carboxylic acids is 2. The fourth-order valence-electron chi connectivity index (χ4n) is 2.80.